The molecule has 1 aliphatic heterocycles. The minimum absolute atomic E-state index is 0.462. The second kappa shape index (κ2) is 9.54. The second-order valence-corrected chi connectivity index (χ2v) is 9.96. The molecule has 1 unspecified atom stereocenters. The number of aromatic nitrogens is 2. The van der Waals surface area contributed by atoms with Gasteiger partial charge < -0.3 is 15.3 Å². The highest BCUT2D eigenvalue weighted by molar-refractivity contribution is 6.00. The van der Waals surface area contributed by atoms with E-state index in [0.717, 1.165) is 69.3 Å². The van der Waals surface area contributed by atoms with Crippen molar-refractivity contribution >= 4 is 46.9 Å². The van der Waals surface area contributed by atoms with Crippen molar-refractivity contribution in [3.05, 3.63) is 99.9 Å². The van der Waals surface area contributed by atoms with Crippen LogP contribution in [0.3, 0.4) is 0 Å². The highest BCUT2D eigenvalue weighted by Gasteiger charge is 2.16. The van der Waals surface area contributed by atoms with Gasteiger partial charge in [-0.2, -0.15) is 0 Å². The zero-order valence-electron chi connectivity index (χ0n) is 21.3. The van der Waals surface area contributed by atoms with E-state index in [1.165, 1.54) is 10.9 Å². The lowest BCUT2D eigenvalue weighted by Gasteiger charge is -2.17. The van der Waals surface area contributed by atoms with E-state index in [4.69, 9.17) is 15.0 Å². The number of aliphatic imine (C=N–C) groups is 3. The Hall–Kier alpha value is -4.45. The van der Waals surface area contributed by atoms with Gasteiger partial charge in [-0.25, -0.2) is 0 Å². The molecule has 6 nitrogen and oxygen atoms in total. The summed E-state index contributed by atoms with van der Waals surface area (Å²) in [5.74, 6) is 0. The Morgan fingerprint density at radius 2 is 1.49 bits per heavy atom. The minimum atomic E-state index is 0.462. The highest BCUT2D eigenvalue weighted by Crippen LogP contribution is 2.37. The quantitative estimate of drug-likeness (QED) is 0.256. The van der Waals surface area contributed by atoms with Crippen molar-refractivity contribution in [2.24, 2.45) is 15.0 Å². The van der Waals surface area contributed by atoms with Gasteiger partial charge in [-0.05, 0) is 104 Å². The van der Waals surface area contributed by atoms with Crippen molar-refractivity contribution in [2.75, 3.05) is 0 Å². The summed E-state index contributed by atoms with van der Waals surface area (Å²) in [6.45, 7) is 6.27. The van der Waals surface area contributed by atoms with Crippen LogP contribution < -0.4 is 5.32 Å². The molecule has 0 radical (unpaired) electrons. The predicted octanol–water partition coefficient (Wildman–Crippen LogP) is 6.85. The van der Waals surface area contributed by atoms with Gasteiger partial charge >= 0.3 is 0 Å². The fourth-order valence-corrected chi connectivity index (χ4v) is 4.96. The molecule has 2 aromatic carbocycles. The smallest absolute Gasteiger partial charge is 0.0642 e. The monoisotopic (exact) mass is 486 g/mol. The lowest BCUT2D eigenvalue weighted by molar-refractivity contribution is 0.683. The number of aromatic amines is 2. The van der Waals surface area contributed by atoms with Crippen molar-refractivity contribution in [3.63, 3.8) is 0 Å². The van der Waals surface area contributed by atoms with Crippen molar-refractivity contribution in [2.45, 2.75) is 39.7 Å². The standard InChI is InChI=1S/C31H30N6/c1-19-4-7-25(35-19)16-32-28-10-22-12-29(33-17-26-8-5-20(2)36-26)14-24-15-30(13-23(11-28)31(22)24)34-18-27-9-6-21(3)37-27/h4-5,7-14,16-18,21,35-37H,6,15H2,1-3H3/b32-16+,33-17+,34-18+. The molecule has 1 atom stereocenters. The maximum atomic E-state index is 4.86. The van der Waals surface area contributed by atoms with Gasteiger partial charge in [0, 0.05) is 41.5 Å². The Labute approximate surface area is 216 Å². The minimum Gasteiger partial charge on any atom is -0.381 e. The fraction of sp³-hybridized carbons (Fsp3) is 0.194. The zero-order chi connectivity index (χ0) is 25.4. The Morgan fingerprint density at radius 1 is 0.811 bits per heavy atom. The number of hydrogen-bond acceptors (Lipinski definition) is 4. The zero-order valence-corrected chi connectivity index (χ0v) is 21.3. The Balaban J connectivity index is 1.40. The van der Waals surface area contributed by atoms with E-state index >= 15 is 0 Å². The molecular formula is C31H30N6. The summed E-state index contributed by atoms with van der Waals surface area (Å²) in [5.41, 5.74) is 10.5. The summed E-state index contributed by atoms with van der Waals surface area (Å²) >= 11 is 0. The largest absolute Gasteiger partial charge is 0.381 e. The third kappa shape index (κ3) is 5.09. The molecule has 0 saturated carbocycles. The van der Waals surface area contributed by atoms with E-state index in [9.17, 15) is 0 Å². The molecule has 3 heterocycles. The third-order valence-corrected chi connectivity index (χ3v) is 6.71. The Bertz CT molecular complexity index is 1630. The van der Waals surface area contributed by atoms with Crippen LogP contribution in [0.25, 0.3) is 16.8 Å². The number of aryl methyl sites for hydroxylation is 2. The first-order valence-electron chi connectivity index (χ1n) is 12.7. The first-order chi connectivity index (χ1) is 18.0. The van der Waals surface area contributed by atoms with Crippen LogP contribution in [0.4, 0.5) is 11.4 Å². The molecule has 2 aliphatic rings. The summed E-state index contributed by atoms with van der Waals surface area (Å²) in [7, 11) is 0. The molecule has 0 bridgehead atoms. The van der Waals surface area contributed by atoms with E-state index in [0.29, 0.717) is 6.04 Å². The number of hydrogen-bond donors (Lipinski definition) is 3. The van der Waals surface area contributed by atoms with E-state index in [1.54, 1.807) is 0 Å². The molecule has 1 aliphatic carbocycles. The molecule has 37 heavy (non-hydrogen) atoms. The van der Waals surface area contributed by atoms with Crippen molar-refractivity contribution < 1.29 is 0 Å². The van der Waals surface area contributed by atoms with Gasteiger partial charge in [0.15, 0.2) is 0 Å². The highest BCUT2D eigenvalue weighted by atomic mass is 15.0. The molecular weight excluding hydrogens is 456 g/mol. The molecule has 4 aromatic rings. The topological polar surface area (TPSA) is 80.7 Å². The van der Waals surface area contributed by atoms with Gasteiger partial charge in [-0.15, -0.1) is 0 Å². The first-order valence-corrected chi connectivity index (χ1v) is 12.7. The predicted molar refractivity (Wildman–Crippen MR) is 155 cm³/mol. The van der Waals surface area contributed by atoms with E-state index in [1.807, 2.05) is 44.6 Å². The number of nitrogens with zero attached hydrogens (tertiary/aromatic N) is 3. The number of nitrogens with one attached hydrogen (secondary N) is 3. The van der Waals surface area contributed by atoms with Crippen LogP contribution in [0, 0.1) is 13.8 Å². The van der Waals surface area contributed by atoms with Crippen LogP contribution in [-0.2, 0) is 6.42 Å². The molecule has 2 aromatic heterocycles. The van der Waals surface area contributed by atoms with E-state index in [-0.39, 0.29) is 0 Å². The fourth-order valence-electron chi connectivity index (χ4n) is 4.96. The van der Waals surface area contributed by atoms with Crippen LogP contribution in [0.15, 0.2) is 81.0 Å². The van der Waals surface area contributed by atoms with E-state index in [2.05, 4.69) is 70.8 Å². The maximum Gasteiger partial charge on any atom is 0.0642 e. The molecule has 0 saturated heterocycles. The first kappa shape index (κ1) is 23.0. The van der Waals surface area contributed by atoms with Crippen LogP contribution >= 0.6 is 0 Å². The lowest BCUT2D eigenvalue weighted by atomic mass is 9.90. The van der Waals surface area contributed by atoms with Gasteiger partial charge in [0.2, 0.25) is 0 Å². The van der Waals surface area contributed by atoms with Gasteiger partial charge in [0.25, 0.3) is 0 Å². The summed E-state index contributed by atoms with van der Waals surface area (Å²) in [5, 5.41) is 5.84. The normalized spacial score (nSPS) is 17.3. The summed E-state index contributed by atoms with van der Waals surface area (Å²) in [6, 6.07) is 17.3. The maximum absolute atomic E-state index is 4.86. The molecule has 0 amide bonds. The molecule has 6 heteroatoms. The molecule has 6 rings (SSSR count). The molecule has 184 valence electrons. The number of H-pyrrole nitrogens is 2. The van der Waals surface area contributed by atoms with Crippen molar-refractivity contribution in [1.82, 2.24) is 15.3 Å². The van der Waals surface area contributed by atoms with Gasteiger partial charge in [-0.1, -0.05) is 6.08 Å². The lowest BCUT2D eigenvalue weighted by Crippen LogP contribution is -2.18. The molecule has 0 spiro atoms. The van der Waals surface area contributed by atoms with Gasteiger partial charge in [0.05, 0.1) is 35.2 Å². The van der Waals surface area contributed by atoms with Crippen LogP contribution in [0.2, 0.25) is 0 Å². The number of rotatable bonds is 6. The SMILES string of the molecule is Cc1ccc(/C=N/c2cc3c4c(cc(/N=C/c5ccc(C)[nH]5)cc4c2)CC(/N=C/C2=CCC(C)N2)=C3)[nH]1. The average molecular weight is 487 g/mol. The van der Waals surface area contributed by atoms with Crippen LogP contribution in [0.1, 0.15) is 47.2 Å². The summed E-state index contributed by atoms with van der Waals surface area (Å²) in [6.07, 6.45) is 11.9. The summed E-state index contributed by atoms with van der Waals surface area (Å²) in [4.78, 5) is 21.1. The van der Waals surface area contributed by atoms with Crippen molar-refractivity contribution in [1.29, 1.82) is 0 Å². The van der Waals surface area contributed by atoms with Gasteiger partial charge in [-0.3, -0.25) is 15.0 Å². The average Bonchev–Trinajstić information content (AvgIpc) is 3.61. The Kier molecular flexibility index (Phi) is 5.93. The molecule has 3 N–H and O–H groups in total. The number of benzene rings is 2. The molecule has 0 fully saturated rings. The van der Waals surface area contributed by atoms with Gasteiger partial charge in [0.1, 0.15) is 0 Å². The third-order valence-electron chi connectivity index (χ3n) is 6.71. The van der Waals surface area contributed by atoms with Crippen LogP contribution in [0.5, 0.6) is 0 Å². The van der Waals surface area contributed by atoms with Crippen molar-refractivity contribution in [3.8, 4) is 0 Å². The van der Waals surface area contributed by atoms with Crippen LogP contribution in [-0.4, -0.2) is 34.7 Å². The summed E-state index contributed by atoms with van der Waals surface area (Å²) < 4.78 is 0. The Morgan fingerprint density at radius 3 is 2.08 bits per heavy atom. The van der Waals surface area contributed by atoms with E-state index < -0.39 is 0 Å². The number of allylic oxidation sites excluding steroid dienone is 2. The second-order valence-electron chi connectivity index (χ2n) is 9.96.